The summed E-state index contributed by atoms with van der Waals surface area (Å²) in [4.78, 5) is 13.0. The Bertz CT molecular complexity index is 1150. The summed E-state index contributed by atoms with van der Waals surface area (Å²) in [6.45, 7) is 9.95. The van der Waals surface area contributed by atoms with Crippen LogP contribution < -0.4 is 15.6 Å². The Hall–Kier alpha value is -3.33. The maximum absolute atomic E-state index is 13.1. The fraction of sp³-hybridized carbons (Fsp3) is 0.333. The van der Waals surface area contributed by atoms with Crippen LogP contribution in [0.4, 0.5) is 13.2 Å². The lowest BCUT2D eigenvalue weighted by Crippen LogP contribution is -2.40. The molecule has 0 radical (unpaired) electrons. The van der Waals surface area contributed by atoms with Gasteiger partial charge in [-0.1, -0.05) is 29.8 Å². The summed E-state index contributed by atoms with van der Waals surface area (Å²) in [7, 11) is 0. The van der Waals surface area contributed by atoms with Gasteiger partial charge in [0.15, 0.2) is 11.4 Å². The molecule has 0 aliphatic rings. The number of benzene rings is 2. The van der Waals surface area contributed by atoms with Crippen molar-refractivity contribution in [1.82, 2.24) is 20.6 Å². The largest absolute Gasteiger partial charge is 0.453 e. The lowest BCUT2D eigenvalue weighted by atomic mass is 10.1. The summed E-state index contributed by atoms with van der Waals surface area (Å²) < 4.78 is 46.3. The van der Waals surface area contributed by atoms with E-state index in [1.54, 1.807) is 0 Å². The Morgan fingerprint density at radius 3 is 2.45 bits per heavy atom. The fourth-order valence-electron chi connectivity index (χ4n) is 3.31. The molecule has 176 valence electrons. The molecular formula is C24H27F3N4O2. The number of carbonyl (C=O) groups excluding carboxylic acids is 1. The average molecular weight is 461 g/mol. The van der Waals surface area contributed by atoms with Crippen molar-refractivity contribution in [2.24, 2.45) is 0 Å². The SMILES string of the molecule is Cc1ccc(CNNC(=O)c2c(Oc3cccc(C(F)(F)F)c3)cnn2C(C)(C)C)c(C)c1. The van der Waals surface area contributed by atoms with Gasteiger partial charge < -0.3 is 4.74 Å². The number of aryl methyl sites for hydroxylation is 2. The van der Waals surface area contributed by atoms with E-state index in [9.17, 15) is 18.0 Å². The van der Waals surface area contributed by atoms with E-state index in [0.717, 1.165) is 28.8 Å². The lowest BCUT2D eigenvalue weighted by Gasteiger charge is -2.22. The number of rotatable bonds is 6. The van der Waals surface area contributed by atoms with E-state index < -0.39 is 23.2 Å². The predicted molar refractivity (Wildman–Crippen MR) is 119 cm³/mol. The molecule has 2 aromatic carbocycles. The predicted octanol–water partition coefficient (Wildman–Crippen LogP) is 5.50. The van der Waals surface area contributed by atoms with Gasteiger partial charge in [0.05, 0.1) is 17.3 Å². The van der Waals surface area contributed by atoms with Gasteiger partial charge in [0.1, 0.15) is 5.75 Å². The topological polar surface area (TPSA) is 68.2 Å². The van der Waals surface area contributed by atoms with Gasteiger partial charge in [0, 0.05) is 6.54 Å². The van der Waals surface area contributed by atoms with Gasteiger partial charge in [-0.25, -0.2) is 5.43 Å². The minimum Gasteiger partial charge on any atom is -0.453 e. The van der Waals surface area contributed by atoms with E-state index in [2.05, 4.69) is 22.0 Å². The number of hydrogen-bond donors (Lipinski definition) is 2. The first kappa shape index (κ1) is 24.3. The number of ether oxygens (including phenoxy) is 1. The number of hydrazine groups is 1. The highest BCUT2D eigenvalue weighted by Gasteiger charge is 2.31. The van der Waals surface area contributed by atoms with Crippen LogP contribution in [0.25, 0.3) is 0 Å². The zero-order chi connectivity index (χ0) is 24.4. The monoisotopic (exact) mass is 460 g/mol. The quantitative estimate of drug-likeness (QED) is 0.477. The zero-order valence-electron chi connectivity index (χ0n) is 19.2. The summed E-state index contributed by atoms with van der Waals surface area (Å²) in [6.07, 6.45) is -3.18. The number of amides is 1. The van der Waals surface area contributed by atoms with E-state index in [0.29, 0.717) is 6.54 Å². The van der Waals surface area contributed by atoms with Gasteiger partial charge in [-0.2, -0.15) is 18.3 Å². The van der Waals surface area contributed by atoms with Gasteiger partial charge >= 0.3 is 6.18 Å². The molecule has 0 atom stereocenters. The molecule has 6 nitrogen and oxygen atoms in total. The van der Waals surface area contributed by atoms with Crippen LogP contribution >= 0.6 is 0 Å². The molecule has 0 aliphatic carbocycles. The molecule has 1 amide bonds. The van der Waals surface area contributed by atoms with Crippen molar-refractivity contribution in [3.63, 3.8) is 0 Å². The molecule has 2 N–H and O–H groups in total. The second-order valence-corrected chi connectivity index (χ2v) is 8.81. The van der Waals surface area contributed by atoms with Crippen molar-refractivity contribution in [2.45, 2.75) is 52.9 Å². The number of nitrogens with zero attached hydrogens (tertiary/aromatic N) is 2. The molecule has 0 fully saturated rings. The number of carbonyl (C=O) groups is 1. The molecule has 33 heavy (non-hydrogen) atoms. The Balaban J connectivity index is 1.82. The third kappa shape index (κ3) is 5.92. The fourth-order valence-corrected chi connectivity index (χ4v) is 3.31. The van der Waals surface area contributed by atoms with Gasteiger partial charge in [-0.05, 0) is 63.9 Å². The van der Waals surface area contributed by atoms with Gasteiger partial charge in [-0.15, -0.1) is 0 Å². The Morgan fingerprint density at radius 1 is 1.09 bits per heavy atom. The number of nitrogens with one attached hydrogen (secondary N) is 2. The highest BCUT2D eigenvalue weighted by atomic mass is 19.4. The van der Waals surface area contributed by atoms with E-state index in [1.165, 1.54) is 23.0 Å². The molecule has 0 aliphatic heterocycles. The smallest absolute Gasteiger partial charge is 0.416 e. The van der Waals surface area contributed by atoms with Crippen LogP contribution in [-0.2, 0) is 18.3 Å². The highest BCUT2D eigenvalue weighted by molar-refractivity contribution is 5.95. The van der Waals surface area contributed by atoms with Crippen molar-refractivity contribution in [2.75, 3.05) is 0 Å². The molecule has 0 bridgehead atoms. The van der Waals surface area contributed by atoms with Gasteiger partial charge in [0.25, 0.3) is 5.91 Å². The Kier molecular flexibility index (Phi) is 6.83. The molecule has 0 spiro atoms. The normalized spacial score (nSPS) is 12.0. The number of halogens is 3. The summed E-state index contributed by atoms with van der Waals surface area (Å²) in [5.74, 6) is -0.514. The van der Waals surface area contributed by atoms with Gasteiger partial charge in [-0.3, -0.25) is 14.9 Å². The summed E-state index contributed by atoms with van der Waals surface area (Å²) in [5.41, 5.74) is 7.47. The number of alkyl halides is 3. The minimum absolute atomic E-state index is 0.0458. The maximum Gasteiger partial charge on any atom is 0.416 e. The first-order valence-electron chi connectivity index (χ1n) is 10.4. The third-order valence-electron chi connectivity index (χ3n) is 4.95. The van der Waals surface area contributed by atoms with Crippen LogP contribution in [-0.4, -0.2) is 15.7 Å². The lowest BCUT2D eigenvalue weighted by molar-refractivity contribution is -0.137. The zero-order valence-corrected chi connectivity index (χ0v) is 19.2. The van der Waals surface area contributed by atoms with Crippen LogP contribution in [0.15, 0.2) is 48.7 Å². The standard InChI is InChI=1S/C24H27F3N4O2/c1-15-9-10-17(16(2)11-15)13-28-30-22(32)21-20(14-29-31(21)23(3,4)5)33-19-8-6-7-18(12-19)24(25,26)27/h6-12,14,28H,13H2,1-5H3,(H,30,32). The van der Waals surface area contributed by atoms with E-state index in [1.807, 2.05) is 46.8 Å². The molecule has 0 saturated heterocycles. The highest BCUT2D eigenvalue weighted by Crippen LogP contribution is 2.34. The molecule has 0 unspecified atom stereocenters. The molecule has 3 aromatic rings. The molecule has 9 heteroatoms. The van der Waals surface area contributed by atoms with Crippen LogP contribution in [0.3, 0.4) is 0 Å². The first-order chi connectivity index (χ1) is 15.4. The third-order valence-corrected chi connectivity index (χ3v) is 4.95. The minimum atomic E-state index is -4.51. The molecule has 1 aromatic heterocycles. The second-order valence-electron chi connectivity index (χ2n) is 8.81. The van der Waals surface area contributed by atoms with Gasteiger partial charge in [0.2, 0.25) is 0 Å². The van der Waals surface area contributed by atoms with Crippen molar-refractivity contribution >= 4 is 5.91 Å². The summed E-state index contributed by atoms with van der Waals surface area (Å²) >= 11 is 0. The molecular weight excluding hydrogens is 433 g/mol. The number of aromatic nitrogens is 2. The average Bonchev–Trinajstić information content (AvgIpc) is 3.13. The van der Waals surface area contributed by atoms with E-state index in [4.69, 9.17) is 4.74 Å². The van der Waals surface area contributed by atoms with Crippen LogP contribution in [0.2, 0.25) is 0 Å². The summed E-state index contributed by atoms with van der Waals surface area (Å²) in [6, 6.07) is 10.5. The second kappa shape index (κ2) is 9.27. The Morgan fingerprint density at radius 2 is 1.82 bits per heavy atom. The first-order valence-corrected chi connectivity index (χ1v) is 10.4. The van der Waals surface area contributed by atoms with Crippen LogP contribution in [0.1, 0.15) is 53.5 Å². The van der Waals surface area contributed by atoms with Crippen molar-refractivity contribution < 1.29 is 22.7 Å². The molecule has 1 heterocycles. The van der Waals surface area contributed by atoms with Crippen molar-refractivity contribution in [3.8, 4) is 11.5 Å². The Labute approximate surface area is 190 Å². The molecule has 0 saturated carbocycles. The van der Waals surface area contributed by atoms with E-state index in [-0.39, 0.29) is 17.2 Å². The van der Waals surface area contributed by atoms with Crippen molar-refractivity contribution in [1.29, 1.82) is 0 Å². The number of hydrogen-bond acceptors (Lipinski definition) is 4. The van der Waals surface area contributed by atoms with Crippen LogP contribution in [0.5, 0.6) is 11.5 Å². The van der Waals surface area contributed by atoms with E-state index >= 15 is 0 Å². The van der Waals surface area contributed by atoms with Crippen LogP contribution in [0, 0.1) is 13.8 Å². The maximum atomic E-state index is 13.1. The molecule has 3 rings (SSSR count). The van der Waals surface area contributed by atoms with Crippen molar-refractivity contribution in [3.05, 3.63) is 76.6 Å². The summed E-state index contributed by atoms with van der Waals surface area (Å²) in [5, 5.41) is 4.25.